The number of primary amides is 1. The van der Waals surface area contributed by atoms with Crippen LogP contribution in [0.3, 0.4) is 0 Å². The average molecular weight is 425 g/mol. The molecule has 2 aromatic carbocycles. The molecule has 4 amide bonds. The molecule has 1 atom stereocenters. The first-order chi connectivity index (χ1) is 14.4. The molecule has 30 heavy (non-hydrogen) atoms. The zero-order valence-corrected chi connectivity index (χ0v) is 17.0. The number of halogens is 1. The maximum Gasteiger partial charge on any atom is 0.342 e. The van der Waals surface area contributed by atoms with E-state index < -0.39 is 17.4 Å². The second kappa shape index (κ2) is 7.91. The van der Waals surface area contributed by atoms with Gasteiger partial charge in [0.15, 0.2) is 0 Å². The highest BCUT2D eigenvalue weighted by molar-refractivity contribution is 6.30. The Kier molecular flexibility index (Phi) is 5.30. The fraction of sp³-hybridized carbons (Fsp3) is 0.273. The molecule has 8 heteroatoms. The van der Waals surface area contributed by atoms with E-state index in [-0.39, 0.29) is 18.9 Å². The van der Waals surface area contributed by atoms with Crippen LogP contribution in [0.5, 0.6) is 0 Å². The SMILES string of the molecule is NC(=O)N1N=C2CCN(C(=O)Cc3ccc(Cl)cc3)CC2(Cc2ccccc2)C1=O. The van der Waals surface area contributed by atoms with Crippen LogP contribution in [0.4, 0.5) is 4.79 Å². The van der Waals surface area contributed by atoms with Crippen molar-refractivity contribution in [2.24, 2.45) is 16.3 Å². The summed E-state index contributed by atoms with van der Waals surface area (Å²) >= 11 is 5.92. The third-order valence-electron chi connectivity index (χ3n) is 5.63. The number of rotatable bonds is 4. The predicted molar refractivity (Wildman–Crippen MR) is 113 cm³/mol. The second-order valence-corrected chi connectivity index (χ2v) is 8.05. The van der Waals surface area contributed by atoms with Crippen molar-refractivity contribution in [1.29, 1.82) is 0 Å². The number of carbonyl (C=O) groups excluding carboxylic acids is 3. The lowest BCUT2D eigenvalue weighted by Crippen LogP contribution is -2.56. The fourth-order valence-corrected chi connectivity index (χ4v) is 4.24. The van der Waals surface area contributed by atoms with Crippen molar-refractivity contribution in [3.8, 4) is 0 Å². The summed E-state index contributed by atoms with van der Waals surface area (Å²) in [5, 5.41) is 5.57. The topological polar surface area (TPSA) is 96.1 Å². The van der Waals surface area contributed by atoms with Crippen molar-refractivity contribution < 1.29 is 14.4 Å². The summed E-state index contributed by atoms with van der Waals surface area (Å²) < 4.78 is 0. The van der Waals surface area contributed by atoms with E-state index in [0.29, 0.717) is 30.1 Å². The van der Waals surface area contributed by atoms with Gasteiger partial charge < -0.3 is 10.6 Å². The number of benzene rings is 2. The van der Waals surface area contributed by atoms with Crippen molar-refractivity contribution >= 4 is 35.2 Å². The smallest absolute Gasteiger partial charge is 0.342 e. The van der Waals surface area contributed by atoms with E-state index in [4.69, 9.17) is 17.3 Å². The van der Waals surface area contributed by atoms with Crippen LogP contribution in [-0.2, 0) is 22.4 Å². The Morgan fingerprint density at radius 2 is 1.77 bits per heavy atom. The van der Waals surface area contributed by atoms with E-state index in [1.807, 2.05) is 42.5 Å². The molecule has 1 saturated heterocycles. The third-order valence-corrected chi connectivity index (χ3v) is 5.88. The minimum absolute atomic E-state index is 0.0888. The highest BCUT2D eigenvalue weighted by atomic mass is 35.5. The lowest BCUT2D eigenvalue weighted by atomic mass is 9.73. The van der Waals surface area contributed by atoms with Gasteiger partial charge in [0.2, 0.25) is 5.91 Å². The molecule has 0 aromatic heterocycles. The number of nitrogens with two attached hydrogens (primary N) is 1. The minimum atomic E-state index is -1.08. The number of nitrogens with zero attached hydrogens (tertiary/aromatic N) is 3. The molecule has 2 N–H and O–H groups in total. The molecular formula is C22H21ClN4O3. The number of fused-ring (bicyclic) bond motifs is 1. The Morgan fingerprint density at radius 3 is 2.43 bits per heavy atom. The molecule has 2 aliphatic rings. The molecule has 1 fully saturated rings. The molecule has 0 spiro atoms. The van der Waals surface area contributed by atoms with Gasteiger partial charge >= 0.3 is 6.03 Å². The van der Waals surface area contributed by atoms with Gasteiger partial charge in [-0.25, -0.2) is 4.79 Å². The maximum atomic E-state index is 13.2. The molecule has 0 aliphatic carbocycles. The maximum absolute atomic E-state index is 13.2. The van der Waals surface area contributed by atoms with Gasteiger partial charge in [0, 0.05) is 24.5 Å². The van der Waals surface area contributed by atoms with Crippen LogP contribution in [-0.4, -0.2) is 46.6 Å². The van der Waals surface area contributed by atoms with E-state index in [2.05, 4.69) is 5.10 Å². The van der Waals surface area contributed by atoms with Crippen LogP contribution in [0.15, 0.2) is 59.7 Å². The van der Waals surface area contributed by atoms with Crippen molar-refractivity contribution in [1.82, 2.24) is 9.91 Å². The fourth-order valence-electron chi connectivity index (χ4n) is 4.11. The van der Waals surface area contributed by atoms with E-state index in [0.717, 1.165) is 16.1 Å². The molecule has 154 valence electrons. The normalized spacial score (nSPS) is 20.7. The lowest BCUT2D eigenvalue weighted by Gasteiger charge is -2.39. The van der Waals surface area contributed by atoms with Crippen molar-refractivity contribution in [3.05, 3.63) is 70.7 Å². The van der Waals surface area contributed by atoms with Gasteiger partial charge in [0.25, 0.3) is 5.91 Å². The Balaban J connectivity index is 1.61. The second-order valence-electron chi connectivity index (χ2n) is 7.61. The van der Waals surface area contributed by atoms with Gasteiger partial charge in [-0.1, -0.05) is 54.1 Å². The summed E-state index contributed by atoms with van der Waals surface area (Å²) in [6, 6.07) is 15.7. The largest absolute Gasteiger partial charge is 0.350 e. The minimum Gasteiger partial charge on any atom is -0.350 e. The highest BCUT2D eigenvalue weighted by Crippen LogP contribution is 2.38. The number of likely N-dealkylation sites (tertiary alicyclic amines) is 1. The molecule has 0 radical (unpaired) electrons. The summed E-state index contributed by atoms with van der Waals surface area (Å²) in [7, 11) is 0. The van der Waals surface area contributed by atoms with Gasteiger partial charge in [0.05, 0.1) is 12.1 Å². The molecule has 7 nitrogen and oxygen atoms in total. The number of piperidine rings is 1. The van der Waals surface area contributed by atoms with Gasteiger partial charge in [-0.15, -0.1) is 5.01 Å². The quantitative estimate of drug-likeness (QED) is 0.817. The number of hydrazone groups is 1. The molecule has 0 saturated carbocycles. The van der Waals surface area contributed by atoms with Crippen LogP contribution in [0.25, 0.3) is 0 Å². The molecule has 4 rings (SSSR count). The predicted octanol–water partition coefficient (Wildman–Crippen LogP) is 2.62. The zero-order chi connectivity index (χ0) is 21.3. The third kappa shape index (κ3) is 3.68. The first-order valence-corrected chi connectivity index (χ1v) is 10.0. The van der Waals surface area contributed by atoms with Crippen LogP contribution >= 0.6 is 11.6 Å². The molecule has 1 unspecified atom stereocenters. The number of carbonyl (C=O) groups is 3. The Bertz CT molecular complexity index is 1020. The van der Waals surface area contributed by atoms with Crippen LogP contribution in [0.1, 0.15) is 17.5 Å². The zero-order valence-electron chi connectivity index (χ0n) is 16.3. The Labute approximate surface area is 179 Å². The Morgan fingerprint density at radius 1 is 1.07 bits per heavy atom. The van der Waals surface area contributed by atoms with Gasteiger partial charge in [-0.2, -0.15) is 5.10 Å². The molecule has 2 heterocycles. The first-order valence-electron chi connectivity index (χ1n) is 9.67. The van der Waals surface area contributed by atoms with Crippen LogP contribution < -0.4 is 5.73 Å². The lowest BCUT2D eigenvalue weighted by molar-refractivity contribution is -0.138. The summed E-state index contributed by atoms with van der Waals surface area (Å²) in [6.45, 7) is 0.595. The molecule has 2 aliphatic heterocycles. The highest BCUT2D eigenvalue weighted by Gasteiger charge is 2.55. The van der Waals surface area contributed by atoms with Crippen LogP contribution in [0, 0.1) is 5.41 Å². The van der Waals surface area contributed by atoms with E-state index in [9.17, 15) is 14.4 Å². The first kappa shape index (κ1) is 20.1. The van der Waals surface area contributed by atoms with E-state index in [1.54, 1.807) is 17.0 Å². The van der Waals surface area contributed by atoms with Gasteiger partial charge in [0.1, 0.15) is 5.41 Å². The monoisotopic (exact) mass is 424 g/mol. The summed E-state index contributed by atoms with van der Waals surface area (Å²) in [5.74, 6) is -0.563. The average Bonchev–Trinajstić information content (AvgIpc) is 3.02. The van der Waals surface area contributed by atoms with E-state index in [1.165, 1.54) is 0 Å². The number of urea groups is 1. The van der Waals surface area contributed by atoms with Crippen molar-refractivity contribution in [3.63, 3.8) is 0 Å². The summed E-state index contributed by atoms with van der Waals surface area (Å²) in [4.78, 5) is 39.7. The number of amides is 4. The summed E-state index contributed by atoms with van der Waals surface area (Å²) in [5.41, 5.74) is 6.67. The molecule has 2 aromatic rings. The number of imide groups is 1. The van der Waals surface area contributed by atoms with Gasteiger partial charge in [-0.05, 0) is 29.7 Å². The van der Waals surface area contributed by atoms with E-state index >= 15 is 0 Å². The van der Waals surface area contributed by atoms with Gasteiger partial charge in [-0.3, -0.25) is 9.59 Å². The summed E-state index contributed by atoms with van der Waals surface area (Å²) in [6.07, 6.45) is 0.966. The van der Waals surface area contributed by atoms with Crippen molar-refractivity contribution in [2.45, 2.75) is 19.3 Å². The molecular weight excluding hydrogens is 404 g/mol. The number of hydrogen-bond donors (Lipinski definition) is 1. The molecule has 0 bridgehead atoms. The number of hydrogen-bond acceptors (Lipinski definition) is 4. The standard InChI is InChI=1S/C22H21ClN4O3/c23-17-8-6-15(7-9-17)12-19(28)26-11-10-18-22(14-26,13-16-4-2-1-3-5-16)20(29)27(25-18)21(24)30/h1-9H,10-14H2,(H2,24,30). The van der Waals surface area contributed by atoms with Crippen molar-refractivity contribution in [2.75, 3.05) is 13.1 Å². The Hall–Kier alpha value is -3.19. The van der Waals surface area contributed by atoms with Crippen LogP contribution in [0.2, 0.25) is 5.02 Å².